The Kier molecular flexibility index (Phi) is 6.51. The van der Waals surface area contributed by atoms with Crippen LogP contribution in [0.2, 0.25) is 0 Å². The zero-order chi connectivity index (χ0) is 20.8. The third-order valence-corrected chi connectivity index (χ3v) is 4.54. The Morgan fingerprint density at radius 2 is 1.90 bits per heavy atom. The smallest absolute Gasteiger partial charge is 0.255 e. The molecular formula is C22H17BrFN3O2. The predicted molar refractivity (Wildman–Crippen MR) is 115 cm³/mol. The molecule has 0 saturated carbocycles. The van der Waals surface area contributed by atoms with Gasteiger partial charge in [0.05, 0.1) is 5.69 Å². The van der Waals surface area contributed by atoms with Crippen LogP contribution in [-0.4, -0.2) is 16.8 Å². The molecule has 0 fully saturated rings. The molecule has 5 nitrogen and oxygen atoms in total. The van der Waals surface area contributed by atoms with Gasteiger partial charge >= 0.3 is 0 Å². The van der Waals surface area contributed by atoms with Crippen molar-refractivity contribution in [1.29, 1.82) is 0 Å². The van der Waals surface area contributed by atoms with E-state index in [-0.39, 0.29) is 11.6 Å². The highest BCUT2D eigenvalue weighted by molar-refractivity contribution is 9.10. The molecule has 0 bridgehead atoms. The first-order valence-corrected chi connectivity index (χ1v) is 9.48. The van der Waals surface area contributed by atoms with Crippen LogP contribution < -0.4 is 10.6 Å². The van der Waals surface area contributed by atoms with Gasteiger partial charge in [0.1, 0.15) is 5.82 Å². The molecule has 2 N–H and O–H groups in total. The van der Waals surface area contributed by atoms with Crippen molar-refractivity contribution < 1.29 is 14.0 Å². The predicted octanol–water partition coefficient (Wildman–Crippen LogP) is 5.20. The average molecular weight is 454 g/mol. The number of hydrogen-bond acceptors (Lipinski definition) is 3. The number of carbonyl (C=O) groups is 2. The first-order chi connectivity index (χ1) is 13.9. The topological polar surface area (TPSA) is 71.1 Å². The summed E-state index contributed by atoms with van der Waals surface area (Å²) in [4.78, 5) is 28.7. The third kappa shape index (κ3) is 5.58. The van der Waals surface area contributed by atoms with Crippen LogP contribution in [0.25, 0.3) is 6.08 Å². The Hall–Kier alpha value is -3.32. The minimum absolute atomic E-state index is 0.0729. The summed E-state index contributed by atoms with van der Waals surface area (Å²) in [5, 5.41) is 5.28. The Morgan fingerprint density at radius 3 is 2.62 bits per heavy atom. The second kappa shape index (κ2) is 9.25. The monoisotopic (exact) mass is 453 g/mol. The van der Waals surface area contributed by atoms with Crippen LogP contribution in [-0.2, 0) is 4.79 Å². The molecule has 2 amide bonds. The highest BCUT2D eigenvalue weighted by Crippen LogP contribution is 2.22. The molecule has 0 aliphatic carbocycles. The van der Waals surface area contributed by atoms with Gasteiger partial charge in [0, 0.05) is 34.2 Å². The summed E-state index contributed by atoms with van der Waals surface area (Å²) >= 11 is 3.17. The van der Waals surface area contributed by atoms with Crippen molar-refractivity contribution in [1.82, 2.24) is 4.98 Å². The van der Waals surface area contributed by atoms with Gasteiger partial charge in [-0.3, -0.25) is 14.6 Å². The summed E-state index contributed by atoms with van der Waals surface area (Å²) in [6.07, 6.45) is 6.32. The van der Waals surface area contributed by atoms with E-state index in [1.165, 1.54) is 18.2 Å². The first kappa shape index (κ1) is 20.4. The van der Waals surface area contributed by atoms with E-state index >= 15 is 0 Å². The number of halogens is 2. The molecule has 0 saturated heterocycles. The van der Waals surface area contributed by atoms with E-state index in [4.69, 9.17) is 0 Å². The van der Waals surface area contributed by atoms with Gasteiger partial charge < -0.3 is 10.6 Å². The van der Waals surface area contributed by atoms with E-state index in [2.05, 4.69) is 31.5 Å². The van der Waals surface area contributed by atoms with Gasteiger partial charge in [0.15, 0.2) is 0 Å². The van der Waals surface area contributed by atoms with Crippen LogP contribution in [0.15, 0.2) is 71.5 Å². The fraction of sp³-hybridized carbons (Fsp3) is 0.0455. The van der Waals surface area contributed by atoms with Gasteiger partial charge in [-0.25, -0.2) is 4.39 Å². The van der Waals surface area contributed by atoms with Crippen LogP contribution >= 0.6 is 15.9 Å². The molecule has 3 rings (SSSR count). The van der Waals surface area contributed by atoms with Crippen LogP contribution in [0.1, 0.15) is 21.5 Å². The van der Waals surface area contributed by atoms with Crippen LogP contribution in [0.3, 0.4) is 0 Å². The molecule has 1 heterocycles. The normalized spacial score (nSPS) is 10.7. The number of rotatable bonds is 5. The van der Waals surface area contributed by atoms with Gasteiger partial charge in [0.25, 0.3) is 5.91 Å². The van der Waals surface area contributed by atoms with Crippen molar-refractivity contribution in [2.45, 2.75) is 6.92 Å². The van der Waals surface area contributed by atoms with Gasteiger partial charge in [-0.15, -0.1) is 0 Å². The Labute approximate surface area is 175 Å². The lowest BCUT2D eigenvalue weighted by atomic mass is 10.1. The SMILES string of the molecule is Cc1ccc(C(=O)Nc2ccc(Br)cc2F)cc1NC(=O)/C=C/c1cccnc1. The minimum Gasteiger partial charge on any atom is -0.322 e. The van der Waals surface area contributed by atoms with Crippen molar-refractivity contribution in [3.63, 3.8) is 0 Å². The summed E-state index contributed by atoms with van der Waals surface area (Å²) in [7, 11) is 0. The summed E-state index contributed by atoms with van der Waals surface area (Å²) in [6.45, 7) is 1.82. The summed E-state index contributed by atoms with van der Waals surface area (Å²) in [5.41, 5.74) is 2.45. The van der Waals surface area contributed by atoms with E-state index in [1.807, 2.05) is 13.0 Å². The maximum atomic E-state index is 14.0. The fourth-order valence-electron chi connectivity index (χ4n) is 2.50. The number of nitrogens with zero attached hydrogens (tertiary/aromatic N) is 1. The van der Waals surface area contributed by atoms with E-state index in [0.717, 1.165) is 11.1 Å². The second-order valence-corrected chi connectivity index (χ2v) is 7.13. The van der Waals surface area contributed by atoms with E-state index in [1.54, 1.807) is 48.8 Å². The van der Waals surface area contributed by atoms with E-state index < -0.39 is 11.7 Å². The summed E-state index contributed by atoms with van der Waals surface area (Å²) in [6, 6.07) is 12.9. The van der Waals surface area contributed by atoms with Crippen molar-refractivity contribution in [3.05, 3.63) is 94.0 Å². The maximum absolute atomic E-state index is 14.0. The Morgan fingerprint density at radius 1 is 1.07 bits per heavy atom. The molecule has 0 atom stereocenters. The molecule has 2 aromatic carbocycles. The zero-order valence-corrected chi connectivity index (χ0v) is 17.0. The molecular weight excluding hydrogens is 437 g/mol. The molecule has 0 spiro atoms. The van der Waals surface area contributed by atoms with Gasteiger partial charge in [-0.1, -0.05) is 28.1 Å². The number of anilines is 2. The Bertz CT molecular complexity index is 1080. The third-order valence-electron chi connectivity index (χ3n) is 4.05. The van der Waals surface area contributed by atoms with Crippen LogP contribution in [0, 0.1) is 12.7 Å². The molecule has 1 aromatic heterocycles. The van der Waals surface area contributed by atoms with E-state index in [9.17, 15) is 14.0 Å². The van der Waals surface area contributed by atoms with Crippen molar-refractivity contribution in [2.24, 2.45) is 0 Å². The molecule has 0 radical (unpaired) electrons. The average Bonchev–Trinajstić information content (AvgIpc) is 2.71. The largest absolute Gasteiger partial charge is 0.322 e. The number of aryl methyl sites for hydroxylation is 1. The summed E-state index contributed by atoms with van der Waals surface area (Å²) in [5.74, 6) is -1.37. The zero-order valence-electron chi connectivity index (χ0n) is 15.4. The lowest BCUT2D eigenvalue weighted by Crippen LogP contribution is -2.15. The molecule has 3 aromatic rings. The van der Waals surface area contributed by atoms with Gasteiger partial charge in [-0.05, 0) is 60.5 Å². The highest BCUT2D eigenvalue weighted by atomic mass is 79.9. The molecule has 0 aliphatic rings. The van der Waals surface area contributed by atoms with Crippen molar-refractivity contribution in [2.75, 3.05) is 10.6 Å². The number of carbonyl (C=O) groups excluding carboxylic acids is 2. The number of pyridine rings is 1. The van der Waals surface area contributed by atoms with Crippen LogP contribution in [0.4, 0.5) is 15.8 Å². The van der Waals surface area contributed by atoms with Gasteiger partial charge in [0.2, 0.25) is 5.91 Å². The lowest BCUT2D eigenvalue weighted by molar-refractivity contribution is -0.111. The standard InChI is InChI=1S/C22H17BrFN3O2/c1-14-4-6-16(22(29)27-19-8-7-17(23)12-18(19)24)11-20(14)26-21(28)9-5-15-3-2-10-25-13-15/h2-13H,1H3,(H,26,28)(H,27,29)/b9-5+. The lowest BCUT2D eigenvalue weighted by Gasteiger charge is -2.11. The van der Waals surface area contributed by atoms with E-state index in [0.29, 0.717) is 15.7 Å². The molecule has 146 valence electrons. The fourth-order valence-corrected chi connectivity index (χ4v) is 2.84. The number of nitrogens with one attached hydrogen (secondary N) is 2. The Balaban J connectivity index is 1.72. The molecule has 0 aliphatic heterocycles. The minimum atomic E-state index is -0.547. The van der Waals surface area contributed by atoms with Crippen LogP contribution in [0.5, 0.6) is 0 Å². The van der Waals surface area contributed by atoms with Gasteiger partial charge in [-0.2, -0.15) is 0 Å². The van der Waals surface area contributed by atoms with Crippen molar-refractivity contribution in [3.8, 4) is 0 Å². The summed E-state index contributed by atoms with van der Waals surface area (Å²) < 4.78 is 14.5. The first-order valence-electron chi connectivity index (χ1n) is 8.68. The second-order valence-electron chi connectivity index (χ2n) is 6.22. The number of hydrogen-bond donors (Lipinski definition) is 2. The van der Waals surface area contributed by atoms with Crippen molar-refractivity contribution >= 4 is 45.2 Å². The molecule has 29 heavy (non-hydrogen) atoms. The number of aromatic nitrogens is 1. The number of benzene rings is 2. The maximum Gasteiger partial charge on any atom is 0.255 e. The molecule has 7 heteroatoms. The molecule has 0 unspecified atom stereocenters. The number of amides is 2. The quantitative estimate of drug-likeness (QED) is 0.521. The highest BCUT2D eigenvalue weighted by Gasteiger charge is 2.12.